The molecular formula is C23H32N4O. The molecule has 2 aromatic rings. The summed E-state index contributed by atoms with van der Waals surface area (Å²) in [5, 5.41) is 9.42. The Bertz CT molecular complexity index is 676. The fraction of sp³-hybridized carbons (Fsp3) is 0.391. The molecule has 150 valence electrons. The number of benzene rings is 2. The number of hydrogen-bond acceptors (Lipinski definition) is 2. The summed E-state index contributed by atoms with van der Waals surface area (Å²) in [4.78, 5) is 16.6. The van der Waals surface area contributed by atoms with Crippen LogP contribution in [0.1, 0.15) is 43.7 Å². The van der Waals surface area contributed by atoms with Crippen molar-refractivity contribution in [2.24, 2.45) is 4.99 Å². The van der Waals surface area contributed by atoms with Gasteiger partial charge in [0.2, 0.25) is 5.91 Å². The van der Waals surface area contributed by atoms with Gasteiger partial charge in [-0.05, 0) is 24.5 Å². The predicted molar refractivity (Wildman–Crippen MR) is 117 cm³/mol. The summed E-state index contributed by atoms with van der Waals surface area (Å²) in [6.07, 6.45) is 1.38. The second-order valence-corrected chi connectivity index (χ2v) is 6.62. The van der Waals surface area contributed by atoms with Gasteiger partial charge in [-0.3, -0.25) is 9.79 Å². The van der Waals surface area contributed by atoms with Crippen LogP contribution in [-0.4, -0.2) is 38.0 Å². The number of hydrogen-bond donors (Lipinski definition) is 3. The maximum absolute atomic E-state index is 11.8. The lowest BCUT2D eigenvalue weighted by atomic mass is 9.91. The summed E-state index contributed by atoms with van der Waals surface area (Å²) >= 11 is 0. The first-order valence-corrected chi connectivity index (χ1v) is 10.1. The van der Waals surface area contributed by atoms with Crippen LogP contribution in [0.2, 0.25) is 0 Å². The molecule has 0 saturated carbocycles. The molecule has 0 unspecified atom stereocenters. The molecular weight excluding hydrogens is 348 g/mol. The fourth-order valence-electron chi connectivity index (χ4n) is 2.95. The van der Waals surface area contributed by atoms with E-state index < -0.39 is 0 Å². The van der Waals surface area contributed by atoms with Gasteiger partial charge in [0.15, 0.2) is 5.96 Å². The smallest absolute Gasteiger partial charge is 0.221 e. The second-order valence-electron chi connectivity index (χ2n) is 6.62. The SMILES string of the molecule is CCCNC(=O)CCNC(=NCC(c1ccccc1)c1ccccc1)NCC. The van der Waals surface area contributed by atoms with E-state index in [1.165, 1.54) is 11.1 Å². The molecule has 0 aliphatic carbocycles. The van der Waals surface area contributed by atoms with Crippen molar-refractivity contribution in [1.82, 2.24) is 16.0 Å². The standard InChI is InChI=1S/C23H32N4O/c1-3-16-25-22(28)15-17-26-23(24-4-2)27-18-21(19-11-7-5-8-12-19)20-13-9-6-10-14-20/h5-14,21H,3-4,15-18H2,1-2H3,(H,25,28)(H2,24,26,27). The quantitative estimate of drug-likeness (QED) is 0.438. The van der Waals surface area contributed by atoms with Gasteiger partial charge in [-0.25, -0.2) is 0 Å². The number of nitrogens with one attached hydrogen (secondary N) is 3. The minimum atomic E-state index is 0.0663. The third-order valence-corrected chi connectivity index (χ3v) is 4.40. The van der Waals surface area contributed by atoms with Gasteiger partial charge in [0.05, 0.1) is 6.54 Å². The molecule has 5 heteroatoms. The lowest BCUT2D eigenvalue weighted by Gasteiger charge is -2.18. The molecule has 0 fully saturated rings. The van der Waals surface area contributed by atoms with Crippen LogP contribution in [0, 0.1) is 0 Å². The molecule has 0 radical (unpaired) electrons. The molecule has 0 bridgehead atoms. The largest absolute Gasteiger partial charge is 0.357 e. The van der Waals surface area contributed by atoms with Crippen LogP contribution in [0.15, 0.2) is 65.7 Å². The monoisotopic (exact) mass is 380 g/mol. The highest BCUT2D eigenvalue weighted by Gasteiger charge is 2.13. The molecule has 0 atom stereocenters. The molecule has 0 heterocycles. The maximum atomic E-state index is 11.8. The lowest BCUT2D eigenvalue weighted by molar-refractivity contribution is -0.120. The topological polar surface area (TPSA) is 65.5 Å². The van der Waals surface area contributed by atoms with Crippen molar-refractivity contribution in [3.8, 4) is 0 Å². The minimum Gasteiger partial charge on any atom is -0.357 e. The number of aliphatic imine (C=N–C) groups is 1. The van der Waals surface area contributed by atoms with Gasteiger partial charge >= 0.3 is 0 Å². The molecule has 5 nitrogen and oxygen atoms in total. The van der Waals surface area contributed by atoms with Crippen molar-refractivity contribution in [3.05, 3.63) is 71.8 Å². The highest BCUT2D eigenvalue weighted by molar-refractivity contribution is 5.81. The van der Waals surface area contributed by atoms with E-state index in [0.717, 1.165) is 25.5 Å². The summed E-state index contributed by atoms with van der Waals surface area (Å²) in [7, 11) is 0. The van der Waals surface area contributed by atoms with Crippen LogP contribution in [0.5, 0.6) is 0 Å². The van der Waals surface area contributed by atoms with Crippen LogP contribution in [0.25, 0.3) is 0 Å². The Morgan fingerprint density at radius 2 is 1.46 bits per heavy atom. The van der Waals surface area contributed by atoms with E-state index >= 15 is 0 Å². The molecule has 2 aromatic carbocycles. The van der Waals surface area contributed by atoms with Gasteiger partial charge in [-0.2, -0.15) is 0 Å². The van der Waals surface area contributed by atoms with Gasteiger partial charge in [0.25, 0.3) is 0 Å². The van der Waals surface area contributed by atoms with Crippen LogP contribution in [0.3, 0.4) is 0 Å². The van der Waals surface area contributed by atoms with E-state index in [1.807, 2.05) is 26.0 Å². The first-order chi connectivity index (χ1) is 13.7. The van der Waals surface area contributed by atoms with Crippen molar-refractivity contribution < 1.29 is 4.79 Å². The average Bonchev–Trinajstić information content (AvgIpc) is 2.74. The Morgan fingerprint density at radius 3 is 2.00 bits per heavy atom. The third-order valence-electron chi connectivity index (χ3n) is 4.40. The van der Waals surface area contributed by atoms with Gasteiger partial charge in [-0.15, -0.1) is 0 Å². The minimum absolute atomic E-state index is 0.0663. The molecule has 1 amide bonds. The van der Waals surface area contributed by atoms with Crippen LogP contribution >= 0.6 is 0 Å². The highest BCUT2D eigenvalue weighted by Crippen LogP contribution is 2.24. The zero-order chi connectivity index (χ0) is 20.0. The Labute approximate surface area is 168 Å². The Hall–Kier alpha value is -2.82. The molecule has 28 heavy (non-hydrogen) atoms. The fourth-order valence-corrected chi connectivity index (χ4v) is 2.95. The Kier molecular flexibility index (Phi) is 9.62. The lowest BCUT2D eigenvalue weighted by Crippen LogP contribution is -2.39. The van der Waals surface area contributed by atoms with E-state index in [0.29, 0.717) is 19.5 Å². The number of carbonyl (C=O) groups is 1. The molecule has 2 rings (SSSR count). The zero-order valence-corrected chi connectivity index (χ0v) is 16.9. The Morgan fingerprint density at radius 1 is 0.857 bits per heavy atom. The molecule has 0 spiro atoms. The van der Waals surface area contributed by atoms with Crippen molar-refractivity contribution in [1.29, 1.82) is 0 Å². The van der Waals surface area contributed by atoms with Crippen LogP contribution in [0.4, 0.5) is 0 Å². The van der Waals surface area contributed by atoms with Gasteiger partial charge < -0.3 is 16.0 Å². The van der Waals surface area contributed by atoms with Gasteiger partial charge in [0, 0.05) is 32.0 Å². The van der Waals surface area contributed by atoms with Gasteiger partial charge in [0.1, 0.15) is 0 Å². The van der Waals surface area contributed by atoms with Crippen molar-refractivity contribution >= 4 is 11.9 Å². The van der Waals surface area contributed by atoms with E-state index in [2.05, 4.69) is 64.5 Å². The second kappa shape index (κ2) is 12.5. The van der Waals surface area contributed by atoms with Crippen molar-refractivity contribution in [2.45, 2.75) is 32.6 Å². The zero-order valence-electron chi connectivity index (χ0n) is 16.9. The number of amides is 1. The van der Waals surface area contributed by atoms with E-state index in [4.69, 9.17) is 4.99 Å². The summed E-state index contributed by atoms with van der Waals surface area (Å²) in [6.45, 7) is 6.77. The third kappa shape index (κ3) is 7.43. The number of carbonyl (C=O) groups excluding carboxylic acids is 1. The molecule has 0 aliphatic rings. The van der Waals surface area contributed by atoms with Crippen molar-refractivity contribution in [3.63, 3.8) is 0 Å². The summed E-state index contributed by atoms with van der Waals surface area (Å²) < 4.78 is 0. The normalized spacial score (nSPS) is 11.3. The first kappa shape index (κ1) is 21.5. The molecule has 0 aliphatic heterocycles. The highest BCUT2D eigenvalue weighted by atomic mass is 16.1. The Balaban J connectivity index is 2.03. The summed E-state index contributed by atoms with van der Waals surface area (Å²) in [5.74, 6) is 0.991. The number of rotatable bonds is 10. The maximum Gasteiger partial charge on any atom is 0.221 e. The predicted octanol–water partition coefficient (Wildman–Crippen LogP) is 3.29. The molecule has 3 N–H and O–H groups in total. The molecule has 0 aromatic heterocycles. The van der Waals surface area contributed by atoms with Crippen molar-refractivity contribution in [2.75, 3.05) is 26.2 Å². The van der Waals surface area contributed by atoms with E-state index in [-0.39, 0.29) is 11.8 Å². The van der Waals surface area contributed by atoms with Crippen LogP contribution < -0.4 is 16.0 Å². The van der Waals surface area contributed by atoms with Gasteiger partial charge in [-0.1, -0.05) is 67.6 Å². The molecule has 0 saturated heterocycles. The first-order valence-electron chi connectivity index (χ1n) is 10.1. The number of guanidine groups is 1. The average molecular weight is 381 g/mol. The summed E-state index contributed by atoms with van der Waals surface area (Å²) in [6, 6.07) is 20.9. The van der Waals surface area contributed by atoms with E-state index in [9.17, 15) is 4.79 Å². The summed E-state index contributed by atoms with van der Waals surface area (Å²) in [5.41, 5.74) is 2.49. The van der Waals surface area contributed by atoms with E-state index in [1.54, 1.807) is 0 Å². The number of nitrogens with zero attached hydrogens (tertiary/aromatic N) is 1. The van der Waals surface area contributed by atoms with Crippen LogP contribution in [-0.2, 0) is 4.79 Å².